The Morgan fingerprint density at radius 3 is 1.75 bits per heavy atom. The van der Waals surface area contributed by atoms with Crippen molar-refractivity contribution >= 4 is 53.2 Å². The van der Waals surface area contributed by atoms with Crippen LogP contribution in [0, 0.1) is 0 Å². The zero-order chi connectivity index (χ0) is 33.7. The quantitative estimate of drug-likeness (QED) is 0.171. The topological polar surface area (TPSA) is 38.7 Å². The Hall–Kier alpha value is -6.49. The van der Waals surface area contributed by atoms with E-state index in [1.165, 1.54) is 25.6 Å². The number of hydrogen-bond donors (Lipinski definition) is 0. The lowest BCUT2D eigenvalue weighted by atomic mass is 9.94. The van der Waals surface area contributed by atoms with E-state index in [4.69, 9.17) is 15.0 Å². The lowest BCUT2D eigenvalue weighted by molar-refractivity contribution is 1.18. The van der Waals surface area contributed by atoms with Crippen LogP contribution in [0.1, 0.15) is 0 Å². The number of nitrogens with zero attached hydrogens (tertiary/aromatic N) is 3. The molecule has 51 heavy (non-hydrogen) atoms. The molecular weight excluding hydrogens is 639 g/mol. The van der Waals surface area contributed by atoms with Crippen LogP contribution in [0.2, 0.25) is 0 Å². The first-order valence-corrected chi connectivity index (χ1v) is 17.9. The molecule has 0 N–H and O–H groups in total. The summed E-state index contributed by atoms with van der Waals surface area (Å²) in [7, 11) is 0. The van der Waals surface area contributed by atoms with Gasteiger partial charge in [-0.25, -0.2) is 15.0 Å². The number of aromatic nitrogens is 3. The van der Waals surface area contributed by atoms with Crippen LogP contribution in [0.25, 0.3) is 98.1 Å². The number of hydrogen-bond acceptors (Lipinski definition) is 4. The average molecular weight is 668 g/mol. The maximum Gasteiger partial charge on any atom is 0.161 e. The monoisotopic (exact) mass is 667 g/mol. The molecule has 0 spiro atoms. The van der Waals surface area contributed by atoms with Gasteiger partial charge in [0.1, 0.15) is 0 Å². The third-order valence-electron chi connectivity index (χ3n) is 9.69. The maximum atomic E-state index is 5.33. The number of fused-ring (bicyclic) bond motifs is 7. The Morgan fingerprint density at radius 1 is 0.353 bits per heavy atom. The molecule has 3 aromatic heterocycles. The molecule has 0 fully saturated rings. The summed E-state index contributed by atoms with van der Waals surface area (Å²) in [6.07, 6.45) is 0. The summed E-state index contributed by atoms with van der Waals surface area (Å²) < 4.78 is 2.56. The highest BCUT2D eigenvalue weighted by Crippen LogP contribution is 2.44. The molecule has 3 nitrogen and oxygen atoms in total. The summed E-state index contributed by atoms with van der Waals surface area (Å²) >= 11 is 1.84. The largest absolute Gasteiger partial charge is 0.247 e. The first kappa shape index (κ1) is 29.4. The summed E-state index contributed by atoms with van der Waals surface area (Å²) in [5.41, 5.74) is 10.1. The van der Waals surface area contributed by atoms with Crippen molar-refractivity contribution < 1.29 is 0 Å². The summed E-state index contributed by atoms with van der Waals surface area (Å²) in [6.45, 7) is 0. The fourth-order valence-corrected chi connectivity index (χ4v) is 8.42. The Bertz CT molecular complexity index is 2900. The second kappa shape index (κ2) is 12.1. The summed E-state index contributed by atoms with van der Waals surface area (Å²) in [4.78, 5) is 15.8. The van der Waals surface area contributed by atoms with Gasteiger partial charge in [-0.05, 0) is 41.5 Å². The van der Waals surface area contributed by atoms with E-state index in [2.05, 4.69) is 164 Å². The van der Waals surface area contributed by atoms with E-state index in [1.54, 1.807) is 0 Å². The smallest absolute Gasteiger partial charge is 0.161 e. The number of thiophene rings is 1. The minimum atomic E-state index is 0.694. The van der Waals surface area contributed by atoms with Crippen LogP contribution in [-0.2, 0) is 0 Å². The van der Waals surface area contributed by atoms with E-state index in [0.717, 1.165) is 66.8 Å². The maximum absolute atomic E-state index is 5.33. The molecule has 0 radical (unpaired) electrons. The van der Waals surface area contributed by atoms with Crippen molar-refractivity contribution in [3.8, 4) is 56.3 Å². The average Bonchev–Trinajstić information content (AvgIpc) is 3.60. The van der Waals surface area contributed by atoms with E-state index in [0.29, 0.717) is 5.82 Å². The normalized spacial score (nSPS) is 11.5. The van der Waals surface area contributed by atoms with Crippen molar-refractivity contribution in [2.45, 2.75) is 0 Å². The predicted molar refractivity (Wildman–Crippen MR) is 215 cm³/mol. The highest BCUT2D eigenvalue weighted by Gasteiger charge is 2.19. The molecule has 0 saturated carbocycles. The molecule has 0 saturated heterocycles. The van der Waals surface area contributed by atoms with Crippen LogP contribution < -0.4 is 0 Å². The van der Waals surface area contributed by atoms with Crippen LogP contribution >= 0.6 is 11.3 Å². The van der Waals surface area contributed by atoms with E-state index in [-0.39, 0.29) is 0 Å². The zero-order valence-corrected chi connectivity index (χ0v) is 28.3. The van der Waals surface area contributed by atoms with Crippen LogP contribution in [0.15, 0.2) is 176 Å². The first-order valence-electron chi connectivity index (χ1n) is 17.1. The molecule has 0 bridgehead atoms. The van der Waals surface area contributed by atoms with Crippen LogP contribution in [0.4, 0.5) is 0 Å². The van der Waals surface area contributed by atoms with Gasteiger partial charge >= 0.3 is 0 Å². The minimum absolute atomic E-state index is 0.694. The fraction of sp³-hybridized carbons (Fsp3) is 0. The summed E-state index contributed by atoms with van der Waals surface area (Å²) in [6, 6.07) is 61.8. The Labute approximate surface area is 299 Å². The lowest BCUT2D eigenvalue weighted by Crippen LogP contribution is -1.98. The molecule has 10 aromatic rings. The molecule has 0 atom stereocenters. The van der Waals surface area contributed by atoms with Gasteiger partial charge in [-0.1, -0.05) is 146 Å². The van der Waals surface area contributed by atoms with E-state index in [1.807, 2.05) is 23.5 Å². The van der Waals surface area contributed by atoms with Gasteiger partial charge in [0.15, 0.2) is 5.82 Å². The fourth-order valence-electron chi connectivity index (χ4n) is 7.30. The van der Waals surface area contributed by atoms with Gasteiger partial charge in [0.2, 0.25) is 0 Å². The van der Waals surface area contributed by atoms with Crippen LogP contribution in [-0.4, -0.2) is 15.0 Å². The van der Waals surface area contributed by atoms with Gasteiger partial charge in [0.05, 0.1) is 22.6 Å². The predicted octanol–water partition coefficient (Wildman–Crippen LogP) is 12.9. The third kappa shape index (κ3) is 5.08. The molecular formula is C47H29N3S. The zero-order valence-electron chi connectivity index (χ0n) is 27.5. The van der Waals surface area contributed by atoms with E-state index < -0.39 is 0 Å². The van der Waals surface area contributed by atoms with Crippen molar-refractivity contribution in [1.82, 2.24) is 15.0 Å². The van der Waals surface area contributed by atoms with Gasteiger partial charge < -0.3 is 0 Å². The molecule has 0 aliphatic heterocycles. The van der Waals surface area contributed by atoms with Crippen LogP contribution in [0.3, 0.4) is 0 Å². The minimum Gasteiger partial charge on any atom is -0.247 e. The van der Waals surface area contributed by atoms with Crippen molar-refractivity contribution in [3.63, 3.8) is 0 Å². The van der Waals surface area contributed by atoms with Gasteiger partial charge in [0.25, 0.3) is 0 Å². The summed E-state index contributed by atoms with van der Waals surface area (Å²) in [5, 5.41) is 6.03. The SMILES string of the molecule is c1ccc(-c2cc(-c3ccc4nc(-c5ccccc5)c5ccc6sc7ccccc7c6c5c4c3)nc(-c3ccccc3-c3ccccc3)n2)cc1. The molecule has 10 rings (SSSR count). The van der Waals surface area contributed by atoms with Gasteiger partial charge in [-0.2, -0.15) is 0 Å². The molecule has 0 unspecified atom stereocenters. The second-order valence-electron chi connectivity index (χ2n) is 12.8. The van der Waals surface area contributed by atoms with E-state index >= 15 is 0 Å². The highest BCUT2D eigenvalue weighted by molar-refractivity contribution is 7.26. The van der Waals surface area contributed by atoms with Crippen LogP contribution in [0.5, 0.6) is 0 Å². The van der Waals surface area contributed by atoms with Gasteiger partial charge in [0, 0.05) is 58.6 Å². The van der Waals surface area contributed by atoms with Crippen molar-refractivity contribution in [1.29, 1.82) is 0 Å². The molecule has 4 heteroatoms. The Morgan fingerprint density at radius 2 is 0.980 bits per heavy atom. The lowest BCUT2D eigenvalue weighted by Gasteiger charge is -2.14. The standard InChI is InChI=1S/C47H29N3S/c1-4-14-30(15-5-1)34-20-10-11-21-35(34)47-49-40(31-16-6-2-7-17-31)29-41(50-47)33-24-26-39-38(28-33)44-37(46(48-39)32-18-8-3-9-19-32)25-27-43-45(44)36-22-12-13-23-42(36)51-43/h1-29H. The van der Waals surface area contributed by atoms with Crippen molar-refractivity contribution in [3.05, 3.63) is 176 Å². The summed E-state index contributed by atoms with van der Waals surface area (Å²) in [5.74, 6) is 0.694. The molecule has 7 aromatic carbocycles. The third-order valence-corrected chi connectivity index (χ3v) is 10.8. The number of benzene rings is 7. The molecule has 3 heterocycles. The molecule has 238 valence electrons. The van der Waals surface area contributed by atoms with Crippen molar-refractivity contribution in [2.75, 3.05) is 0 Å². The Kier molecular flexibility index (Phi) is 7.00. The molecule has 0 aliphatic rings. The first-order chi connectivity index (χ1) is 25.3. The Balaban J connectivity index is 1.26. The highest BCUT2D eigenvalue weighted by atomic mass is 32.1. The van der Waals surface area contributed by atoms with Crippen molar-refractivity contribution in [2.24, 2.45) is 0 Å². The molecule has 0 aliphatic carbocycles. The van der Waals surface area contributed by atoms with E-state index in [9.17, 15) is 0 Å². The van der Waals surface area contributed by atoms with Gasteiger partial charge in [-0.15, -0.1) is 11.3 Å². The molecule has 0 amide bonds. The number of rotatable bonds is 5. The second-order valence-corrected chi connectivity index (χ2v) is 13.8. The van der Waals surface area contributed by atoms with Gasteiger partial charge in [-0.3, -0.25) is 0 Å². The number of pyridine rings is 1.